The van der Waals surface area contributed by atoms with Crippen LogP contribution in [0.15, 0.2) is 0 Å². The monoisotopic (exact) mass is 274 g/mol. The van der Waals surface area contributed by atoms with Crippen molar-refractivity contribution in [1.29, 1.82) is 0 Å². The van der Waals surface area contributed by atoms with Crippen molar-refractivity contribution in [2.24, 2.45) is 0 Å². The summed E-state index contributed by atoms with van der Waals surface area (Å²) in [5, 5.41) is 0. The van der Waals surface area contributed by atoms with Crippen molar-refractivity contribution in [3.05, 3.63) is 0 Å². The SMILES string of the molecule is O=P(O)(O)O.[CaH2].[Cl][Zn][Cl]. The Hall–Kier alpha value is 2.57. The Kier molecular flexibility index (Phi) is 20.7. The quantitative estimate of drug-likeness (QED) is 0.413. The third-order valence-corrected chi connectivity index (χ3v) is 0. The van der Waals surface area contributed by atoms with E-state index in [1.807, 2.05) is 0 Å². The molecule has 0 amide bonds. The molecule has 0 rings (SSSR count). The second kappa shape index (κ2) is 10.6. The van der Waals surface area contributed by atoms with Crippen LogP contribution in [0.2, 0.25) is 0 Å². The minimum absolute atomic E-state index is 0. The summed E-state index contributed by atoms with van der Waals surface area (Å²) < 4.78 is 8.88. The van der Waals surface area contributed by atoms with Crippen molar-refractivity contribution in [3.8, 4) is 0 Å². The van der Waals surface area contributed by atoms with E-state index in [0.29, 0.717) is 0 Å². The molecule has 4 nitrogen and oxygen atoms in total. The first-order chi connectivity index (χ1) is 3.41. The van der Waals surface area contributed by atoms with E-state index >= 15 is 0 Å². The number of hydrogen-bond acceptors (Lipinski definition) is 1. The predicted molar refractivity (Wildman–Crippen MR) is 34.5 cm³/mol. The van der Waals surface area contributed by atoms with Crippen molar-refractivity contribution < 1.29 is 34.4 Å². The zero-order valence-electron chi connectivity index (χ0n) is 3.66. The van der Waals surface area contributed by atoms with Gasteiger partial charge in [-0.25, -0.2) is 4.57 Å². The summed E-state index contributed by atoms with van der Waals surface area (Å²) in [5.74, 6) is 0. The summed E-state index contributed by atoms with van der Waals surface area (Å²) in [7, 11) is 5.26. The molecule has 0 aromatic rings. The van der Waals surface area contributed by atoms with Crippen LogP contribution in [0.25, 0.3) is 0 Å². The van der Waals surface area contributed by atoms with Crippen LogP contribution in [0.5, 0.6) is 0 Å². The average molecular weight is 276 g/mol. The fraction of sp³-hybridized carbons (Fsp3) is 0. The molecule has 0 unspecified atom stereocenters. The molecule has 0 bridgehead atoms. The normalized spacial score (nSPS) is 7.67. The molecular formula is H5CaCl2O4PZn. The molecule has 0 aliphatic rings. The molecule has 0 aromatic heterocycles. The number of phosphoric acid groups is 1. The second-order valence-corrected chi connectivity index (χ2v) is 6.26. The Morgan fingerprint density at radius 3 is 1.22 bits per heavy atom. The van der Waals surface area contributed by atoms with Gasteiger partial charge in [0.2, 0.25) is 0 Å². The van der Waals surface area contributed by atoms with Gasteiger partial charge in [0.05, 0.1) is 0 Å². The van der Waals surface area contributed by atoms with Crippen molar-refractivity contribution >= 4 is 64.9 Å². The maximum absolute atomic E-state index is 8.88. The molecule has 0 radical (unpaired) electrons. The first-order valence-electron chi connectivity index (χ1n) is 1.32. The van der Waals surface area contributed by atoms with Gasteiger partial charge < -0.3 is 14.7 Å². The number of hydrogen-bond donors (Lipinski definition) is 3. The van der Waals surface area contributed by atoms with Crippen LogP contribution in [0, 0.1) is 0 Å². The van der Waals surface area contributed by atoms with Gasteiger partial charge in [-0.05, 0) is 0 Å². The van der Waals surface area contributed by atoms with E-state index in [2.05, 4.69) is 0 Å². The summed E-state index contributed by atoms with van der Waals surface area (Å²) in [6, 6.07) is 0. The van der Waals surface area contributed by atoms with Crippen LogP contribution < -0.4 is 0 Å². The first-order valence-corrected chi connectivity index (χ1v) is 10.7. The summed E-state index contributed by atoms with van der Waals surface area (Å²) in [4.78, 5) is 21.6. The Labute approximate surface area is 97.8 Å². The topological polar surface area (TPSA) is 77.8 Å². The number of halogens is 2. The van der Waals surface area contributed by atoms with Crippen LogP contribution in [-0.2, 0) is 19.7 Å². The average Bonchev–Trinajstić information content (AvgIpc) is 1.27. The fourth-order valence-corrected chi connectivity index (χ4v) is 0. The van der Waals surface area contributed by atoms with Crippen molar-refractivity contribution in [2.75, 3.05) is 0 Å². The third-order valence-electron chi connectivity index (χ3n) is 0. The second-order valence-electron chi connectivity index (χ2n) is 0.614. The molecule has 0 saturated carbocycles. The Morgan fingerprint density at radius 2 is 1.22 bits per heavy atom. The van der Waals surface area contributed by atoms with Gasteiger partial charge in [-0.1, -0.05) is 0 Å². The van der Waals surface area contributed by atoms with Gasteiger partial charge >= 0.3 is 80.1 Å². The van der Waals surface area contributed by atoms with Crippen LogP contribution >= 0.6 is 27.2 Å². The molecule has 0 spiro atoms. The molecule has 0 atom stereocenters. The Morgan fingerprint density at radius 1 is 1.22 bits per heavy atom. The third kappa shape index (κ3) is 117. The van der Waals surface area contributed by atoms with Gasteiger partial charge in [0.15, 0.2) is 0 Å². The molecule has 0 heterocycles. The molecule has 0 aliphatic heterocycles. The van der Waals surface area contributed by atoms with E-state index < -0.39 is 23.0 Å². The van der Waals surface area contributed by atoms with Crippen molar-refractivity contribution in [2.45, 2.75) is 0 Å². The summed E-state index contributed by atoms with van der Waals surface area (Å²) in [6.45, 7) is 0. The zero-order chi connectivity index (χ0) is 7.21. The van der Waals surface area contributed by atoms with Gasteiger partial charge in [-0.3, -0.25) is 0 Å². The molecule has 52 valence electrons. The van der Waals surface area contributed by atoms with Gasteiger partial charge in [0.25, 0.3) is 0 Å². The van der Waals surface area contributed by atoms with Crippen molar-refractivity contribution in [1.82, 2.24) is 0 Å². The first kappa shape index (κ1) is 17.6. The molecule has 3 N–H and O–H groups in total. The Bertz CT molecular complexity index is 74.4. The van der Waals surface area contributed by atoms with E-state index in [4.69, 9.17) is 38.6 Å². The molecule has 9 heavy (non-hydrogen) atoms. The maximum atomic E-state index is 8.88. The molecule has 9 heteroatoms. The molecular weight excluding hydrogens is 271 g/mol. The van der Waals surface area contributed by atoms with E-state index in [1.165, 1.54) is 0 Å². The minimum atomic E-state index is -4.64. The molecule has 0 aliphatic carbocycles. The van der Waals surface area contributed by atoms with Gasteiger partial charge in [0.1, 0.15) is 0 Å². The van der Waals surface area contributed by atoms with Gasteiger partial charge in [0, 0.05) is 0 Å². The predicted octanol–water partition coefficient (Wildman–Crippen LogP) is -0.468. The summed E-state index contributed by atoms with van der Waals surface area (Å²) in [6.07, 6.45) is 0. The Balaban J connectivity index is -0.0000000800. The summed E-state index contributed by atoms with van der Waals surface area (Å²) in [5.41, 5.74) is 0. The van der Waals surface area contributed by atoms with Gasteiger partial charge in [-0.2, -0.15) is 0 Å². The van der Waals surface area contributed by atoms with E-state index in [0.717, 1.165) is 0 Å². The van der Waals surface area contributed by atoms with Crippen LogP contribution in [-0.4, -0.2) is 52.4 Å². The number of rotatable bonds is 0. The van der Waals surface area contributed by atoms with Gasteiger partial charge in [-0.15, -0.1) is 0 Å². The molecule has 0 aromatic carbocycles. The van der Waals surface area contributed by atoms with E-state index in [1.54, 1.807) is 0 Å². The van der Waals surface area contributed by atoms with E-state index in [9.17, 15) is 0 Å². The standard InChI is InChI=1S/Ca.2ClH.H3O4P.Zn.2H/c;;;1-5(2,3)4;;;/h;2*1H;(H3,1,2,3,4);;;/q;;;;+2;;/p-2. The van der Waals surface area contributed by atoms with Crippen LogP contribution in [0.3, 0.4) is 0 Å². The van der Waals surface area contributed by atoms with Crippen LogP contribution in [0.1, 0.15) is 0 Å². The summed E-state index contributed by atoms with van der Waals surface area (Å²) >= 11 is -0.931. The zero-order valence-corrected chi connectivity index (χ0v) is 9.03. The van der Waals surface area contributed by atoms with Crippen molar-refractivity contribution in [3.63, 3.8) is 0 Å². The molecule has 0 saturated heterocycles. The van der Waals surface area contributed by atoms with Crippen LogP contribution in [0.4, 0.5) is 0 Å². The molecule has 0 fully saturated rings. The van der Waals surface area contributed by atoms with E-state index in [-0.39, 0.29) is 37.7 Å². The fourth-order valence-electron chi connectivity index (χ4n) is 0.